The Morgan fingerprint density at radius 2 is 1.58 bits per heavy atom. The zero-order valence-electron chi connectivity index (χ0n) is 10.7. The lowest BCUT2D eigenvalue weighted by molar-refractivity contribution is 0.269. The lowest BCUT2D eigenvalue weighted by Gasteiger charge is -2.24. The van der Waals surface area contributed by atoms with Crippen LogP contribution in [0.2, 0.25) is 0 Å². The average Bonchev–Trinajstić information content (AvgIpc) is 2.46. The molecule has 98 valence electrons. The molecule has 0 aromatic heterocycles. The number of aliphatic hydroxyl groups is 1. The highest BCUT2D eigenvalue weighted by Gasteiger charge is 2.24. The van der Waals surface area contributed by atoms with E-state index >= 15 is 0 Å². The molecule has 3 rings (SSSR count). The summed E-state index contributed by atoms with van der Waals surface area (Å²) in [5, 5.41) is 10.3. The number of aliphatic hydroxyl groups excluding tert-OH is 1. The Balaban J connectivity index is 2.16. The van der Waals surface area contributed by atoms with Crippen molar-refractivity contribution in [3.05, 3.63) is 42.0 Å². The van der Waals surface area contributed by atoms with Crippen LogP contribution in [0.1, 0.15) is 11.0 Å². The zero-order chi connectivity index (χ0) is 13.4. The molecule has 0 amide bonds. The maximum Gasteiger partial charge on any atom is 0.130 e. The van der Waals surface area contributed by atoms with Gasteiger partial charge in [0.25, 0.3) is 0 Å². The van der Waals surface area contributed by atoms with Crippen LogP contribution in [0.25, 0.3) is 11.1 Å². The van der Waals surface area contributed by atoms with E-state index in [-0.39, 0.29) is 0 Å². The van der Waals surface area contributed by atoms with E-state index in [0.717, 1.165) is 33.1 Å². The van der Waals surface area contributed by atoms with Crippen molar-refractivity contribution in [3.63, 3.8) is 0 Å². The number of rotatable bonds is 2. The number of fused-ring (bicyclic) bond motifs is 3. The van der Waals surface area contributed by atoms with Gasteiger partial charge in [-0.15, -0.1) is 0 Å². The monoisotopic (exact) mass is 274 g/mol. The van der Waals surface area contributed by atoms with Gasteiger partial charge in [-0.25, -0.2) is 0 Å². The van der Waals surface area contributed by atoms with Gasteiger partial charge in [0.2, 0.25) is 0 Å². The molecular formula is C15H14O3S. The number of thioether (sulfide) groups is 1. The predicted octanol–water partition coefficient (Wildman–Crippen LogP) is 3.47. The maximum absolute atomic E-state index is 10.3. The van der Waals surface area contributed by atoms with Crippen molar-refractivity contribution in [2.75, 3.05) is 14.2 Å². The fourth-order valence-corrected chi connectivity index (χ4v) is 3.30. The molecule has 0 fully saturated rings. The van der Waals surface area contributed by atoms with Crippen molar-refractivity contribution >= 4 is 11.8 Å². The summed E-state index contributed by atoms with van der Waals surface area (Å²) in [4.78, 5) is 1.03. The highest BCUT2D eigenvalue weighted by molar-refractivity contribution is 7.99. The molecule has 2 aromatic carbocycles. The Hall–Kier alpha value is -1.65. The minimum Gasteiger partial charge on any atom is -0.497 e. The van der Waals surface area contributed by atoms with E-state index in [4.69, 9.17) is 9.47 Å². The van der Waals surface area contributed by atoms with Crippen molar-refractivity contribution < 1.29 is 14.6 Å². The largest absolute Gasteiger partial charge is 0.497 e. The lowest BCUT2D eigenvalue weighted by atomic mass is 9.99. The zero-order valence-corrected chi connectivity index (χ0v) is 11.5. The number of ether oxygens (including phenoxy) is 2. The highest BCUT2D eigenvalue weighted by Crippen LogP contribution is 2.49. The van der Waals surface area contributed by atoms with Crippen molar-refractivity contribution in [1.82, 2.24) is 0 Å². The van der Waals surface area contributed by atoms with E-state index in [9.17, 15) is 5.11 Å². The standard InChI is InChI=1S/C15H14O3S/c1-17-9-3-5-11-12-6-4-10(18-2)8-14(12)19-15(16)13(11)7-9/h3-8,15-16H,1-2H3. The third kappa shape index (κ3) is 2.07. The fourth-order valence-electron chi connectivity index (χ4n) is 2.25. The van der Waals surface area contributed by atoms with Gasteiger partial charge in [-0.3, -0.25) is 0 Å². The molecule has 1 aliphatic rings. The van der Waals surface area contributed by atoms with Crippen LogP contribution in [-0.2, 0) is 0 Å². The second-order valence-electron chi connectivity index (χ2n) is 4.29. The van der Waals surface area contributed by atoms with Crippen LogP contribution in [0, 0.1) is 0 Å². The second kappa shape index (κ2) is 4.79. The fraction of sp³-hybridized carbons (Fsp3) is 0.200. The van der Waals surface area contributed by atoms with Gasteiger partial charge in [-0.1, -0.05) is 17.8 Å². The van der Waals surface area contributed by atoms with Gasteiger partial charge in [0.1, 0.15) is 16.9 Å². The Kier molecular flexibility index (Phi) is 3.12. The number of methoxy groups -OCH3 is 2. The van der Waals surface area contributed by atoms with E-state index in [2.05, 4.69) is 0 Å². The second-order valence-corrected chi connectivity index (χ2v) is 5.41. The molecule has 2 aromatic rings. The van der Waals surface area contributed by atoms with Crippen LogP contribution < -0.4 is 9.47 Å². The topological polar surface area (TPSA) is 38.7 Å². The van der Waals surface area contributed by atoms with Gasteiger partial charge in [0, 0.05) is 10.5 Å². The Labute approximate surface area is 116 Å². The van der Waals surface area contributed by atoms with Crippen LogP contribution in [0.5, 0.6) is 11.5 Å². The van der Waals surface area contributed by atoms with Crippen LogP contribution in [0.4, 0.5) is 0 Å². The first-order valence-electron chi connectivity index (χ1n) is 5.94. The summed E-state index contributed by atoms with van der Waals surface area (Å²) < 4.78 is 10.4. The van der Waals surface area contributed by atoms with Gasteiger partial charge in [-0.05, 0) is 41.5 Å². The lowest BCUT2D eigenvalue weighted by Crippen LogP contribution is -2.03. The number of hydrogen-bond acceptors (Lipinski definition) is 4. The minimum absolute atomic E-state index is 0.579. The summed E-state index contributed by atoms with van der Waals surface area (Å²) in [6.07, 6.45) is 0. The Morgan fingerprint density at radius 1 is 0.947 bits per heavy atom. The molecule has 19 heavy (non-hydrogen) atoms. The van der Waals surface area contributed by atoms with E-state index in [1.54, 1.807) is 14.2 Å². The molecule has 0 aliphatic carbocycles. The van der Waals surface area contributed by atoms with Gasteiger partial charge in [0.15, 0.2) is 0 Å². The SMILES string of the molecule is COc1ccc2c(c1)SC(O)c1cc(OC)ccc1-2. The summed E-state index contributed by atoms with van der Waals surface area (Å²) >= 11 is 1.42. The van der Waals surface area contributed by atoms with E-state index < -0.39 is 5.44 Å². The molecule has 0 saturated heterocycles. The normalized spacial score (nSPS) is 16.5. The smallest absolute Gasteiger partial charge is 0.130 e. The molecular weight excluding hydrogens is 260 g/mol. The third-order valence-electron chi connectivity index (χ3n) is 3.24. The Bertz CT molecular complexity index is 625. The van der Waals surface area contributed by atoms with E-state index in [1.807, 2.05) is 36.4 Å². The minimum atomic E-state index is -0.579. The molecule has 1 unspecified atom stereocenters. The maximum atomic E-state index is 10.3. The van der Waals surface area contributed by atoms with Crippen molar-refractivity contribution in [1.29, 1.82) is 0 Å². The molecule has 3 nitrogen and oxygen atoms in total. The van der Waals surface area contributed by atoms with Crippen LogP contribution in [0.15, 0.2) is 41.3 Å². The van der Waals surface area contributed by atoms with Crippen LogP contribution in [-0.4, -0.2) is 19.3 Å². The van der Waals surface area contributed by atoms with Gasteiger partial charge >= 0.3 is 0 Å². The highest BCUT2D eigenvalue weighted by atomic mass is 32.2. The van der Waals surface area contributed by atoms with Crippen molar-refractivity contribution in [3.8, 4) is 22.6 Å². The first-order valence-corrected chi connectivity index (χ1v) is 6.82. The summed E-state index contributed by atoms with van der Waals surface area (Å²) in [6, 6.07) is 11.7. The van der Waals surface area contributed by atoms with Gasteiger partial charge in [-0.2, -0.15) is 0 Å². The molecule has 4 heteroatoms. The summed E-state index contributed by atoms with van der Waals surface area (Å²) in [5.41, 5.74) is 2.48. The van der Waals surface area contributed by atoms with Crippen LogP contribution >= 0.6 is 11.8 Å². The van der Waals surface area contributed by atoms with Gasteiger partial charge in [0.05, 0.1) is 14.2 Å². The molecule has 1 N–H and O–H groups in total. The molecule has 1 atom stereocenters. The summed E-state index contributed by atoms with van der Waals surface area (Å²) in [7, 11) is 3.27. The molecule has 0 saturated carbocycles. The van der Waals surface area contributed by atoms with Crippen LogP contribution in [0.3, 0.4) is 0 Å². The van der Waals surface area contributed by atoms with E-state index in [1.165, 1.54) is 11.8 Å². The molecule has 1 aliphatic heterocycles. The van der Waals surface area contributed by atoms with Crippen molar-refractivity contribution in [2.45, 2.75) is 10.3 Å². The molecule has 0 radical (unpaired) electrons. The average molecular weight is 274 g/mol. The number of hydrogen-bond donors (Lipinski definition) is 1. The first-order chi connectivity index (χ1) is 9.22. The summed E-state index contributed by atoms with van der Waals surface area (Å²) in [5.74, 6) is 1.56. The van der Waals surface area contributed by atoms with E-state index in [0.29, 0.717) is 0 Å². The molecule has 0 bridgehead atoms. The molecule has 1 heterocycles. The van der Waals surface area contributed by atoms with Crippen molar-refractivity contribution in [2.24, 2.45) is 0 Å². The Morgan fingerprint density at radius 3 is 2.26 bits per heavy atom. The third-order valence-corrected chi connectivity index (χ3v) is 4.31. The predicted molar refractivity (Wildman–Crippen MR) is 75.8 cm³/mol. The molecule has 0 spiro atoms. The van der Waals surface area contributed by atoms with Gasteiger partial charge < -0.3 is 14.6 Å². The summed E-state index contributed by atoms with van der Waals surface area (Å²) in [6.45, 7) is 0. The number of benzene rings is 2. The quantitative estimate of drug-likeness (QED) is 0.910. The first kappa shape index (κ1) is 12.4.